The Morgan fingerprint density at radius 1 is 1.15 bits per heavy atom. The van der Waals surface area contributed by atoms with Crippen molar-refractivity contribution >= 4 is 0 Å². The van der Waals surface area contributed by atoms with Crippen LogP contribution in [0.2, 0.25) is 0 Å². The number of hydrogen-bond acceptors (Lipinski definition) is 1. The molecule has 1 heteroatoms. The van der Waals surface area contributed by atoms with E-state index in [4.69, 9.17) is 0 Å². The average Bonchev–Trinajstić information content (AvgIpc) is 1.98. The molecule has 2 unspecified atom stereocenters. The van der Waals surface area contributed by atoms with Crippen LogP contribution in [0, 0.1) is 11.8 Å². The third-order valence-electron chi connectivity index (χ3n) is 3.54. The van der Waals surface area contributed by atoms with E-state index in [1.165, 1.54) is 19.3 Å². The molecular weight excluding hydrogens is 158 g/mol. The zero-order valence-corrected chi connectivity index (χ0v) is 9.88. The van der Waals surface area contributed by atoms with Crippen LogP contribution in [-0.4, -0.2) is 24.0 Å². The Kier molecular flexibility index (Phi) is 3.78. The number of hydrogen-bond donors (Lipinski definition) is 0. The summed E-state index contributed by atoms with van der Waals surface area (Å²) in [6.07, 6.45) is 4.22. The molecule has 0 spiro atoms. The highest BCUT2D eigenvalue weighted by Crippen LogP contribution is 2.30. The fraction of sp³-hybridized carbons (Fsp3) is 1.00. The van der Waals surface area contributed by atoms with Gasteiger partial charge in [-0.2, -0.15) is 0 Å². The lowest BCUT2D eigenvalue weighted by Gasteiger charge is -2.40. The van der Waals surface area contributed by atoms with Crippen LogP contribution in [0.4, 0.5) is 0 Å². The molecule has 1 rings (SSSR count). The van der Waals surface area contributed by atoms with Gasteiger partial charge in [-0.1, -0.05) is 13.8 Å². The van der Waals surface area contributed by atoms with Crippen molar-refractivity contribution in [1.29, 1.82) is 0 Å². The summed E-state index contributed by atoms with van der Waals surface area (Å²) < 4.78 is 0. The molecule has 0 aromatic carbocycles. The summed E-state index contributed by atoms with van der Waals surface area (Å²) in [7, 11) is 2.26. The molecule has 0 aromatic rings. The Morgan fingerprint density at radius 2 is 1.62 bits per heavy atom. The van der Waals surface area contributed by atoms with Gasteiger partial charge in [-0.25, -0.2) is 0 Å². The minimum Gasteiger partial charge on any atom is -0.301 e. The smallest absolute Gasteiger partial charge is 0.00693 e. The van der Waals surface area contributed by atoms with Gasteiger partial charge in [-0.15, -0.1) is 0 Å². The van der Waals surface area contributed by atoms with Gasteiger partial charge in [0, 0.05) is 12.1 Å². The minimum atomic E-state index is 0.785. The van der Waals surface area contributed by atoms with E-state index in [1.807, 2.05) is 0 Å². The van der Waals surface area contributed by atoms with Crippen molar-refractivity contribution in [1.82, 2.24) is 4.90 Å². The summed E-state index contributed by atoms with van der Waals surface area (Å²) >= 11 is 0. The van der Waals surface area contributed by atoms with Gasteiger partial charge in [0.2, 0.25) is 0 Å². The van der Waals surface area contributed by atoms with E-state index in [0.717, 1.165) is 23.9 Å². The zero-order chi connectivity index (χ0) is 10.0. The largest absolute Gasteiger partial charge is 0.301 e. The summed E-state index contributed by atoms with van der Waals surface area (Å²) in [5, 5.41) is 0. The molecule has 1 aliphatic heterocycles. The van der Waals surface area contributed by atoms with Gasteiger partial charge in [0.1, 0.15) is 0 Å². The lowest BCUT2D eigenvalue weighted by atomic mass is 9.82. The molecule has 0 radical (unpaired) electrons. The van der Waals surface area contributed by atoms with Gasteiger partial charge in [0.25, 0.3) is 0 Å². The molecule has 0 saturated carbocycles. The predicted octanol–water partition coefficient (Wildman–Crippen LogP) is 3.15. The Balaban J connectivity index is 2.44. The molecule has 78 valence electrons. The van der Waals surface area contributed by atoms with Gasteiger partial charge in [0.05, 0.1) is 0 Å². The van der Waals surface area contributed by atoms with E-state index in [1.54, 1.807) is 0 Å². The Morgan fingerprint density at radius 3 is 2.00 bits per heavy atom. The monoisotopic (exact) mass is 183 g/mol. The van der Waals surface area contributed by atoms with Crippen LogP contribution in [0.15, 0.2) is 0 Å². The lowest BCUT2D eigenvalue weighted by molar-refractivity contribution is 0.0891. The first kappa shape index (κ1) is 11.0. The third-order valence-corrected chi connectivity index (χ3v) is 3.54. The van der Waals surface area contributed by atoms with E-state index in [0.29, 0.717) is 0 Å². The number of likely N-dealkylation sites (tertiary alicyclic amines) is 1. The molecule has 0 aromatic heterocycles. The molecule has 0 aliphatic carbocycles. The molecule has 13 heavy (non-hydrogen) atoms. The second-order valence-electron chi connectivity index (χ2n) is 5.33. The number of piperidine rings is 1. The molecule has 1 nitrogen and oxygen atoms in total. The molecule has 0 N–H and O–H groups in total. The van der Waals surface area contributed by atoms with E-state index in [2.05, 4.69) is 39.6 Å². The standard InChI is InChI=1S/C12H25N/c1-9(2)6-12-7-10(3)13(5)11(4)8-12/h9-12H,6-8H2,1-5H3. The van der Waals surface area contributed by atoms with Crippen LogP contribution >= 0.6 is 0 Å². The summed E-state index contributed by atoms with van der Waals surface area (Å²) in [6, 6.07) is 1.57. The van der Waals surface area contributed by atoms with E-state index < -0.39 is 0 Å². The number of nitrogens with zero attached hydrogens (tertiary/aromatic N) is 1. The van der Waals surface area contributed by atoms with Crippen LogP contribution in [0.1, 0.15) is 47.0 Å². The second kappa shape index (κ2) is 4.45. The summed E-state index contributed by atoms with van der Waals surface area (Å²) in [6.45, 7) is 9.41. The van der Waals surface area contributed by atoms with Gasteiger partial charge < -0.3 is 4.90 Å². The molecule has 1 aliphatic rings. The van der Waals surface area contributed by atoms with Crippen LogP contribution in [-0.2, 0) is 0 Å². The maximum Gasteiger partial charge on any atom is 0.00693 e. The summed E-state index contributed by atoms with van der Waals surface area (Å²) in [5.74, 6) is 1.84. The Hall–Kier alpha value is -0.0400. The molecule has 1 saturated heterocycles. The maximum atomic E-state index is 2.52. The fourth-order valence-electron chi connectivity index (χ4n) is 2.69. The van der Waals surface area contributed by atoms with E-state index >= 15 is 0 Å². The van der Waals surface area contributed by atoms with Crippen LogP contribution in [0.5, 0.6) is 0 Å². The van der Waals surface area contributed by atoms with Crippen molar-refractivity contribution in [2.45, 2.75) is 59.0 Å². The predicted molar refractivity (Wildman–Crippen MR) is 58.9 cm³/mol. The van der Waals surface area contributed by atoms with Gasteiger partial charge in [0.15, 0.2) is 0 Å². The van der Waals surface area contributed by atoms with Crippen molar-refractivity contribution in [3.63, 3.8) is 0 Å². The highest BCUT2D eigenvalue weighted by atomic mass is 15.2. The molecule has 0 bridgehead atoms. The average molecular weight is 183 g/mol. The highest BCUT2D eigenvalue weighted by Gasteiger charge is 2.28. The SMILES string of the molecule is CC(C)CC1CC(C)N(C)C(C)C1. The van der Waals surface area contributed by atoms with Gasteiger partial charge in [-0.3, -0.25) is 0 Å². The van der Waals surface area contributed by atoms with Crippen LogP contribution in [0.25, 0.3) is 0 Å². The molecule has 2 atom stereocenters. The molecule has 0 amide bonds. The zero-order valence-electron chi connectivity index (χ0n) is 9.88. The van der Waals surface area contributed by atoms with Crippen molar-refractivity contribution < 1.29 is 0 Å². The highest BCUT2D eigenvalue weighted by molar-refractivity contribution is 4.82. The third kappa shape index (κ3) is 2.98. The van der Waals surface area contributed by atoms with Gasteiger partial charge >= 0.3 is 0 Å². The first-order valence-corrected chi connectivity index (χ1v) is 5.72. The van der Waals surface area contributed by atoms with Crippen molar-refractivity contribution in [3.8, 4) is 0 Å². The Bertz CT molecular complexity index is 141. The topological polar surface area (TPSA) is 3.24 Å². The van der Waals surface area contributed by atoms with Crippen LogP contribution in [0.3, 0.4) is 0 Å². The normalized spacial score (nSPS) is 36.9. The first-order valence-electron chi connectivity index (χ1n) is 5.72. The molecule has 1 heterocycles. The van der Waals surface area contributed by atoms with Crippen molar-refractivity contribution in [2.24, 2.45) is 11.8 Å². The first-order chi connectivity index (χ1) is 6.00. The summed E-state index contributed by atoms with van der Waals surface area (Å²) in [5.41, 5.74) is 0. The summed E-state index contributed by atoms with van der Waals surface area (Å²) in [4.78, 5) is 2.52. The van der Waals surface area contributed by atoms with Crippen LogP contribution < -0.4 is 0 Å². The lowest BCUT2D eigenvalue weighted by Crippen LogP contribution is -2.44. The van der Waals surface area contributed by atoms with Crippen molar-refractivity contribution in [2.75, 3.05) is 7.05 Å². The van der Waals surface area contributed by atoms with E-state index in [9.17, 15) is 0 Å². The Labute approximate surface area is 83.5 Å². The quantitative estimate of drug-likeness (QED) is 0.635. The maximum absolute atomic E-state index is 2.52. The van der Waals surface area contributed by atoms with Gasteiger partial charge in [-0.05, 0) is 52.0 Å². The second-order valence-corrected chi connectivity index (χ2v) is 5.33. The fourth-order valence-corrected chi connectivity index (χ4v) is 2.69. The van der Waals surface area contributed by atoms with E-state index in [-0.39, 0.29) is 0 Å². The molecule has 1 fully saturated rings. The minimum absolute atomic E-state index is 0.785. The van der Waals surface area contributed by atoms with Crippen molar-refractivity contribution in [3.05, 3.63) is 0 Å². The number of rotatable bonds is 2. The molecular formula is C12H25N.